The van der Waals surface area contributed by atoms with Crippen LogP contribution in [0.1, 0.15) is 49.8 Å². The first-order valence-electron chi connectivity index (χ1n) is 14.6. The van der Waals surface area contributed by atoms with Crippen molar-refractivity contribution in [3.8, 4) is 0 Å². The second-order valence-corrected chi connectivity index (χ2v) is 12.6. The SMILES string of the molecule is CCCCOC(=O)[C@@H](C(=O)C1OC(C)O1)N1C(=O)[C@@]23C(c4cccnc4)[C@H]2[C@]13N1C(=O)OC[C@@H]1c1csc2ccccc12. The number of rotatable bonds is 10. The summed E-state index contributed by atoms with van der Waals surface area (Å²) in [6.07, 6.45) is 2.23. The van der Waals surface area contributed by atoms with Gasteiger partial charge in [0.05, 0.1) is 12.6 Å². The molecule has 1 aromatic carbocycles. The number of amides is 2. The molecule has 8 rings (SSSR count). The zero-order valence-electron chi connectivity index (χ0n) is 23.5. The lowest BCUT2D eigenvalue weighted by Gasteiger charge is -2.56. The molecule has 6 atom stereocenters. The molecule has 2 aromatic heterocycles. The van der Waals surface area contributed by atoms with Gasteiger partial charge in [-0.1, -0.05) is 37.6 Å². The van der Waals surface area contributed by atoms with Crippen LogP contribution >= 0.6 is 11.3 Å². The van der Waals surface area contributed by atoms with Crippen LogP contribution in [0.5, 0.6) is 0 Å². The first-order valence-corrected chi connectivity index (χ1v) is 15.4. The Morgan fingerprint density at radius 3 is 2.72 bits per heavy atom. The summed E-state index contributed by atoms with van der Waals surface area (Å²) in [5.41, 5.74) is -0.465. The number of carbonyl (C=O) groups is 4. The highest BCUT2D eigenvalue weighted by molar-refractivity contribution is 7.17. The standard InChI is InChI=1S/C31H29N3O8S/c1-3-4-12-39-26(36)23(24(35)27-41-16(2)42-27)34-28(37)30-22(17-8-7-11-32-13-17)25(30)31(30,34)33-20(14-40-29(33)38)19-15-43-21-10-6-5-9-18(19)21/h5-11,13,15-16,20,22-23,25,27H,3-4,12,14H2,1-2H3/t16?,20-,22?,23-,25-,27?,30-,31+/m1/s1. The van der Waals surface area contributed by atoms with Crippen molar-refractivity contribution in [2.75, 3.05) is 13.2 Å². The molecule has 2 saturated carbocycles. The van der Waals surface area contributed by atoms with Crippen LogP contribution in [0.15, 0.2) is 54.2 Å². The molecule has 2 amide bonds. The zero-order chi connectivity index (χ0) is 29.7. The minimum atomic E-state index is -1.64. The van der Waals surface area contributed by atoms with E-state index < -0.39 is 53.6 Å². The van der Waals surface area contributed by atoms with Crippen molar-refractivity contribution in [1.29, 1.82) is 0 Å². The van der Waals surface area contributed by atoms with Crippen LogP contribution in [0.2, 0.25) is 0 Å². The molecule has 12 heteroatoms. The van der Waals surface area contributed by atoms with Gasteiger partial charge in [-0.15, -0.1) is 11.3 Å². The third kappa shape index (κ3) is 3.28. The van der Waals surface area contributed by atoms with Gasteiger partial charge in [0, 0.05) is 28.9 Å². The number of unbranched alkanes of at least 4 members (excludes halogenated alkanes) is 1. The molecule has 1 spiro atoms. The summed E-state index contributed by atoms with van der Waals surface area (Å²) >= 11 is 1.56. The van der Waals surface area contributed by atoms with Gasteiger partial charge in [0.15, 0.2) is 12.3 Å². The summed E-state index contributed by atoms with van der Waals surface area (Å²) in [5, 5.41) is 2.99. The molecule has 0 N–H and O–H groups in total. The number of hydrogen-bond acceptors (Lipinski definition) is 10. The number of Topliss-reactive ketones (excluding diaryl/α,β-unsaturated/α-hetero) is 1. The Morgan fingerprint density at radius 1 is 1.19 bits per heavy atom. The number of likely N-dealkylation sites (tertiary alicyclic amines) is 1. The van der Waals surface area contributed by atoms with E-state index >= 15 is 0 Å². The van der Waals surface area contributed by atoms with Crippen molar-refractivity contribution >= 4 is 45.2 Å². The van der Waals surface area contributed by atoms with E-state index in [9.17, 15) is 19.2 Å². The highest BCUT2D eigenvalue weighted by Crippen LogP contribution is 2.98. The summed E-state index contributed by atoms with van der Waals surface area (Å²) < 4.78 is 23.2. The normalized spacial score (nSPS) is 34.0. The number of carbonyl (C=O) groups excluding carboxylic acids is 4. The number of thiophene rings is 1. The number of fused-ring (bicyclic) bond motifs is 2. The van der Waals surface area contributed by atoms with Gasteiger partial charge in [0.2, 0.25) is 18.0 Å². The Morgan fingerprint density at radius 2 is 2.00 bits per heavy atom. The van der Waals surface area contributed by atoms with E-state index in [1.165, 1.54) is 4.90 Å². The van der Waals surface area contributed by atoms with Gasteiger partial charge in [-0.3, -0.25) is 24.4 Å². The molecule has 5 heterocycles. The Balaban J connectivity index is 1.22. The number of pyridine rings is 1. The Labute approximate surface area is 250 Å². The number of cyclic esters (lactones) is 1. The van der Waals surface area contributed by atoms with Crippen molar-refractivity contribution < 1.29 is 38.1 Å². The molecular weight excluding hydrogens is 574 g/mol. The Hall–Kier alpha value is -3.87. The van der Waals surface area contributed by atoms with E-state index in [-0.39, 0.29) is 31.0 Å². The van der Waals surface area contributed by atoms with Gasteiger partial charge in [0.1, 0.15) is 17.7 Å². The summed E-state index contributed by atoms with van der Waals surface area (Å²) in [7, 11) is 0. The zero-order valence-corrected chi connectivity index (χ0v) is 24.3. The quantitative estimate of drug-likeness (QED) is 0.148. The Bertz CT molecular complexity index is 1670. The smallest absolute Gasteiger partial charge is 0.412 e. The van der Waals surface area contributed by atoms with Gasteiger partial charge >= 0.3 is 12.1 Å². The molecule has 3 saturated heterocycles. The van der Waals surface area contributed by atoms with Crippen LogP contribution in [-0.2, 0) is 33.3 Å². The molecule has 11 nitrogen and oxygen atoms in total. The molecule has 2 aliphatic carbocycles. The molecule has 3 aromatic rings. The number of ether oxygens (including phenoxy) is 4. The van der Waals surface area contributed by atoms with Crippen LogP contribution in [0, 0.1) is 11.3 Å². The largest absolute Gasteiger partial charge is 0.464 e. The summed E-state index contributed by atoms with van der Waals surface area (Å²) in [6, 6.07) is 9.45. The summed E-state index contributed by atoms with van der Waals surface area (Å²) in [5.74, 6) is -2.52. The highest BCUT2D eigenvalue weighted by atomic mass is 32.1. The van der Waals surface area contributed by atoms with Crippen molar-refractivity contribution in [3.05, 3.63) is 65.3 Å². The van der Waals surface area contributed by atoms with E-state index in [1.807, 2.05) is 42.6 Å². The van der Waals surface area contributed by atoms with Gasteiger partial charge in [-0.2, -0.15) is 0 Å². The molecule has 5 aliphatic rings. The molecular formula is C31H29N3O8S. The molecule has 1 unspecified atom stereocenters. The third-order valence-electron chi connectivity index (χ3n) is 9.61. The molecule has 0 radical (unpaired) electrons. The number of benzene rings is 1. The van der Waals surface area contributed by atoms with Crippen LogP contribution in [-0.4, -0.2) is 76.0 Å². The number of ketones is 1. The van der Waals surface area contributed by atoms with Gasteiger partial charge < -0.3 is 18.9 Å². The summed E-state index contributed by atoms with van der Waals surface area (Å²) in [4.78, 5) is 62.5. The molecule has 0 bridgehead atoms. The number of esters is 1. The van der Waals surface area contributed by atoms with Crippen LogP contribution in [0.25, 0.3) is 10.1 Å². The average Bonchev–Trinajstić information content (AvgIpc) is 3.68. The second-order valence-electron chi connectivity index (χ2n) is 11.7. The lowest BCUT2D eigenvalue weighted by Crippen LogP contribution is -2.77. The Kier molecular flexibility index (Phi) is 5.79. The van der Waals surface area contributed by atoms with Crippen LogP contribution in [0.4, 0.5) is 4.79 Å². The maximum Gasteiger partial charge on any atom is 0.412 e. The van der Waals surface area contributed by atoms with Crippen LogP contribution < -0.4 is 0 Å². The molecule has 5 fully saturated rings. The van der Waals surface area contributed by atoms with Crippen LogP contribution in [0.3, 0.4) is 0 Å². The van der Waals surface area contributed by atoms with Gasteiger partial charge in [-0.25, -0.2) is 9.59 Å². The highest BCUT2D eigenvalue weighted by Gasteiger charge is 3.11. The topological polar surface area (TPSA) is 125 Å². The van der Waals surface area contributed by atoms with Gasteiger partial charge in [-0.05, 0) is 47.4 Å². The number of β-lactam (4-membered cyclic amide) rings is 1. The lowest BCUT2D eigenvalue weighted by molar-refractivity contribution is -0.358. The van der Waals surface area contributed by atoms with Crippen molar-refractivity contribution in [2.45, 2.75) is 62.9 Å². The van der Waals surface area contributed by atoms with E-state index in [0.717, 1.165) is 27.6 Å². The minimum absolute atomic E-state index is 0.0790. The predicted octanol–water partition coefficient (Wildman–Crippen LogP) is 3.74. The number of hydrogen-bond donors (Lipinski definition) is 0. The van der Waals surface area contributed by atoms with E-state index in [2.05, 4.69) is 4.98 Å². The van der Waals surface area contributed by atoms with Gasteiger partial charge in [0.25, 0.3) is 0 Å². The number of nitrogens with zero attached hydrogens (tertiary/aromatic N) is 3. The van der Waals surface area contributed by atoms with E-state index in [0.29, 0.717) is 6.42 Å². The fourth-order valence-electron chi connectivity index (χ4n) is 7.76. The third-order valence-corrected chi connectivity index (χ3v) is 10.6. The fourth-order valence-corrected chi connectivity index (χ4v) is 8.77. The fraction of sp³-hybridized carbons (Fsp3) is 0.452. The lowest BCUT2D eigenvalue weighted by atomic mass is 9.78. The average molecular weight is 604 g/mol. The predicted molar refractivity (Wildman–Crippen MR) is 150 cm³/mol. The summed E-state index contributed by atoms with van der Waals surface area (Å²) in [6.45, 7) is 3.76. The first-order chi connectivity index (χ1) is 20.9. The maximum atomic E-state index is 14.3. The van der Waals surface area contributed by atoms with E-state index in [1.54, 1.807) is 41.6 Å². The molecule has 3 aliphatic heterocycles. The molecule has 43 heavy (non-hydrogen) atoms. The first kappa shape index (κ1) is 26.7. The van der Waals surface area contributed by atoms with E-state index in [4.69, 9.17) is 18.9 Å². The second kappa shape index (κ2) is 9.31. The van der Waals surface area contributed by atoms with Crippen molar-refractivity contribution in [1.82, 2.24) is 14.8 Å². The molecule has 222 valence electrons. The monoisotopic (exact) mass is 603 g/mol. The van der Waals surface area contributed by atoms with Crippen molar-refractivity contribution in [3.63, 3.8) is 0 Å². The van der Waals surface area contributed by atoms with Crippen molar-refractivity contribution in [2.24, 2.45) is 11.3 Å². The number of aromatic nitrogens is 1. The minimum Gasteiger partial charge on any atom is -0.464 e. The maximum absolute atomic E-state index is 14.3. The number of piperidine rings is 1.